The first kappa shape index (κ1) is 22.2. The molecule has 1 unspecified atom stereocenters. The average Bonchev–Trinajstić information content (AvgIpc) is 3.10. The molecule has 0 fully saturated rings. The number of alkyl halides is 3. The summed E-state index contributed by atoms with van der Waals surface area (Å²) >= 11 is 0. The van der Waals surface area contributed by atoms with Crippen LogP contribution >= 0.6 is 0 Å². The van der Waals surface area contributed by atoms with Gasteiger partial charge in [0, 0.05) is 30.6 Å². The smallest absolute Gasteiger partial charge is 0.406 e. The number of ether oxygens (including phenoxy) is 1. The lowest BCUT2D eigenvalue weighted by Crippen LogP contribution is -2.20. The Hall–Kier alpha value is -3.44. The summed E-state index contributed by atoms with van der Waals surface area (Å²) in [5.41, 5.74) is 1.57. The van der Waals surface area contributed by atoms with Gasteiger partial charge in [-0.25, -0.2) is 9.67 Å². The van der Waals surface area contributed by atoms with Crippen LogP contribution in [-0.2, 0) is 11.2 Å². The van der Waals surface area contributed by atoms with Gasteiger partial charge in [-0.1, -0.05) is 6.58 Å². The molecule has 1 aromatic carbocycles. The minimum absolute atomic E-state index is 0.0231. The van der Waals surface area contributed by atoms with Gasteiger partial charge in [-0.05, 0) is 35.9 Å². The molecule has 8 nitrogen and oxygen atoms in total. The summed E-state index contributed by atoms with van der Waals surface area (Å²) in [5.74, 6) is -0.796. The van der Waals surface area contributed by atoms with Gasteiger partial charge in [-0.15, -0.1) is 13.2 Å². The Kier molecular flexibility index (Phi) is 6.27. The van der Waals surface area contributed by atoms with E-state index in [9.17, 15) is 28.2 Å². The van der Waals surface area contributed by atoms with Gasteiger partial charge in [-0.3, -0.25) is 4.79 Å². The first-order valence-electron chi connectivity index (χ1n) is 9.06. The highest BCUT2D eigenvalue weighted by Crippen LogP contribution is 2.30. The standard InChI is InChI=1S/C20H19F3N4O4/c1-11(19(30)24-2)9-15-17-14(16(29)10-28)7-8-25-18(17)27(26-15)12-3-5-13(6-4-12)31-20(21,22)23/h3-8,16,28-29H,1,9-10H2,2H3,(H,24,30). The van der Waals surface area contributed by atoms with Crippen molar-refractivity contribution in [3.8, 4) is 11.4 Å². The number of aromatic nitrogens is 3. The Labute approximate surface area is 174 Å². The van der Waals surface area contributed by atoms with Gasteiger partial charge in [0.25, 0.3) is 0 Å². The summed E-state index contributed by atoms with van der Waals surface area (Å²) in [7, 11) is 1.46. The van der Waals surface area contributed by atoms with Crippen molar-refractivity contribution in [1.82, 2.24) is 20.1 Å². The molecule has 0 aliphatic carbocycles. The van der Waals surface area contributed by atoms with Gasteiger partial charge in [-0.2, -0.15) is 5.10 Å². The Bertz CT molecular complexity index is 1110. The molecule has 3 N–H and O–H groups in total. The van der Waals surface area contributed by atoms with Gasteiger partial charge in [0.15, 0.2) is 5.65 Å². The van der Waals surface area contributed by atoms with Crippen molar-refractivity contribution < 1.29 is 32.9 Å². The minimum atomic E-state index is -4.82. The van der Waals surface area contributed by atoms with E-state index in [0.717, 1.165) is 12.1 Å². The number of hydrogen-bond acceptors (Lipinski definition) is 6. The van der Waals surface area contributed by atoms with E-state index in [1.807, 2.05) is 0 Å². The second-order valence-electron chi connectivity index (χ2n) is 6.56. The SMILES string of the molecule is C=C(Cc1nn(-c2ccc(OC(F)(F)F)cc2)c2nccc(C(O)CO)c12)C(=O)NC. The number of carbonyl (C=O) groups is 1. The van der Waals surface area contributed by atoms with Crippen LogP contribution in [0.25, 0.3) is 16.7 Å². The minimum Gasteiger partial charge on any atom is -0.406 e. The number of amides is 1. The number of nitrogens with zero attached hydrogens (tertiary/aromatic N) is 3. The summed E-state index contributed by atoms with van der Waals surface area (Å²) in [6.07, 6.45) is -4.61. The van der Waals surface area contributed by atoms with E-state index in [0.29, 0.717) is 22.3 Å². The highest BCUT2D eigenvalue weighted by atomic mass is 19.4. The van der Waals surface area contributed by atoms with Gasteiger partial charge in [0.05, 0.1) is 18.0 Å². The van der Waals surface area contributed by atoms with Crippen molar-refractivity contribution >= 4 is 16.9 Å². The molecule has 0 aliphatic heterocycles. The molecule has 0 saturated carbocycles. The number of carbonyl (C=O) groups excluding carboxylic acids is 1. The predicted octanol–water partition coefficient (Wildman–Crippen LogP) is 2.19. The molecule has 0 saturated heterocycles. The first-order chi connectivity index (χ1) is 14.6. The van der Waals surface area contributed by atoms with Gasteiger partial charge < -0.3 is 20.3 Å². The fraction of sp³-hybridized carbons (Fsp3) is 0.250. The number of nitrogens with one attached hydrogen (secondary N) is 1. The molecule has 1 atom stereocenters. The van der Waals surface area contributed by atoms with Crippen LogP contribution in [0.4, 0.5) is 13.2 Å². The van der Waals surface area contributed by atoms with Crippen LogP contribution in [0.5, 0.6) is 5.75 Å². The lowest BCUT2D eigenvalue weighted by atomic mass is 10.0. The van der Waals surface area contributed by atoms with Crippen molar-refractivity contribution in [3.63, 3.8) is 0 Å². The molecule has 2 aromatic heterocycles. The van der Waals surface area contributed by atoms with E-state index >= 15 is 0 Å². The highest BCUT2D eigenvalue weighted by Gasteiger charge is 2.31. The maximum Gasteiger partial charge on any atom is 0.573 e. The van der Waals surface area contributed by atoms with Crippen LogP contribution in [0.2, 0.25) is 0 Å². The number of benzene rings is 1. The van der Waals surface area contributed by atoms with Crippen LogP contribution in [0, 0.1) is 0 Å². The lowest BCUT2D eigenvalue weighted by Gasteiger charge is -2.10. The van der Waals surface area contributed by atoms with Crippen molar-refractivity contribution in [2.45, 2.75) is 18.9 Å². The Balaban J connectivity index is 2.12. The van der Waals surface area contributed by atoms with Crippen LogP contribution in [0.15, 0.2) is 48.7 Å². The number of rotatable bonds is 7. The molecule has 11 heteroatoms. The molecule has 1 amide bonds. The molecule has 0 aliphatic rings. The molecule has 0 spiro atoms. The largest absolute Gasteiger partial charge is 0.573 e. The quantitative estimate of drug-likeness (QED) is 0.490. The molecule has 3 aromatic rings. The number of pyridine rings is 1. The molecule has 0 bridgehead atoms. The average molecular weight is 436 g/mol. The van der Waals surface area contributed by atoms with E-state index in [1.54, 1.807) is 0 Å². The maximum absolute atomic E-state index is 12.4. The molecule has 3 rings (SSSR count). The van der Waals surface area contributed by atoms with Crippen LogP contribution in [0.1, 0.15) is 17.4 Å². The lowest BCUT2D eigenvalue weighted by molar-refractivity contribution is -0.274. The highest BCUT2D eigenvalue weighted by molar-refractivity contribution is 5.94. The van der Waals surface area contributed by atoms with Crippen molar-refractivity contribution in [1.29, 1.82) is 0 Å². The predicted molar refractivity (Wildman–Crippen MR) is 105 cm³/mol. The molecule has 31 heavy (non-hydrogen) atoms. The Morgan fingerprint density at radius 3 is 2.55 bits per heavy atom. The molecule has 2 heterocycles. The number of likely N-dealkylation sites (N-methyl/N-ethyl adjacent to an activating group) is 1. The van der Waals surface area contributed by atoms with Crippen molar-refractivity contribution in [3.05, 3.63) is 59.9 Å². The fourth-order valence-corrected chi connectivity index (χ4v) is 3.07. The van der Waals surface area contributed by atoms with Crippen LogP contribution in [-0.4, -0.2) is 50.9 Å². The zero-order valence-corrected chi connectivity index (χ0v) is 16.3. The topological polar surface area (TPSA) is 110 Å². The van der Waals surface area contributed by atoms with E-state index in [4.69, 9.17) is 0 Å². The van der Waals surface area contributed by atoms with Crippen molar-refractivity contribution in [2.75, 3.05) is 13.7 Å². The van der Waals surface area contributed by atoms with Gasteiger partial charge >= 0.3 is 6.36 Å². The summed E-state index contributed by atoms with van der Waals surface area (Å²) in [5, 5.41) is 27.0. The number of fused-ring (bicyclic) bond motifs is 1. The number of halogens is 3. The van der Waals surface area contributed by atoms with Crippen LogP contribution < -0.4 is 10.1 Å². The maximum atomic E-state index is 12.4. The second-order valence-corrected chi connectivity index (χ2v) is 6.56. The molecular weight excluding hydrogens is 417 g/mol. The third-order valence-electron chi connectivity index (χ3n) is 4.45. The monoisotopic (exact) mass is 436 g/mol. The Morgan fingerprint density at radius 2 is 1.97 bits per heavy atom. The van der Waals surface area contributed by atoms with E-state index in [-0.39, 0.29) is 17.6 Å². The molecule has 0 radical (unpaired) electrons. The molecular formula is C20H19F3N4O4. The van der Waals surface area contributed by atoms with Gasteiger partial charge in [0.1, 0.15) is 11.9 Å². The molecule has 164 valence electrons. The summed E-state index contributed by atoms with van der Waals surface area (Å²) in [6.45, 7) is 3.18. The first-order valence-corrected chi connectivity index (χ1v) is 9.06. The number of aliphatic hydroxyl groups excluding tert-OH is 2. The zero-order chi connectivity index (χ0) is 22.8. The van der Waals surface area contributed by atoms with E-state index in [1.165, 1.54) is 36.1 Å². The third kappa shape index (κ3) is 4.84. The number of aliphatic hydroxyl groups is 2. The summed E-state index contributed by atoms with van der Waals surface area (Å²) < 4.78 is 42.5. The summed E-state index contributed by atoms with van der Waals surface area (Å²) in [6, 6.07) is 6.50. The zero-order valence-electron chi connectivity index (χ0n) is 16.3. The summed E-state index contributed by atoms with van der Waals surface area (Å²) in [4.78, 5) is 16.2. The van der Waals surface area contributed by atoms with Crippen LogP contribution in [0.3, 0.4) is 0 Å². The van der Waals surface area contributed by atoms with Crippen molar-refractivity contribution in [2.24, 2.45) is 0 Å². The van der Waals surface area contributed by atoms with E-state index in [2.05, 4.69) is 26.7 Å². The van der Waals surface area contributed by atoms with E-state index < -0.39 is 30.7 Å². The fourth-order valence-electron chi connectivity index (χ4n) is 3.07. The second kappa shape index (κ2) is 8.74. The third-order valence-corrected chi connectivity index (χ3v) is 4.45. The van der Waals surface area contributed by atoms with Gasteiger partial charge in [0.2, 0.25) is 5.91 Å². The normalized spacial score (nSPS) is 12.6. The number of hydrogen-bond donors (Lipinski definition) is 3. The Morgan fingerprint density at radius 1 is 1.29 bits per heavy atom.